The maximum Gasteiger partial charge on any atom is 0.317 e. The van der Waals surface area contributed by atoms with Crippen molar-refractivity contribution in [3.63, 3.8) is 0 Å². The molecule has 6 nitrogen and oxygen atoms in total. The van der Waals surface area contributed by atoms with E-state index in [0.29, 0.717) is 35.6 Å². The Balaban J connectivity index is 1.66. The molecular formula is C22H24FNO5. The summed E-state index contributed by atoms with van der Waals surface area (Å²) in [7, 11) is 3.01. The molecule has 0 aliphatic heterocycles. The summed E-state index contributed by atoms with van der Waals surface area (Å²) in [4.78, 5) is 25.1. The zero-order valence-electron chi connectivity index (χ0n) is 16.5. The third-order valence-electron chi connectivity index (χ3n) is 5.24. The van der Waals surface area contributed by atoms with E-state index in [-0.39, 0.29) is 0 Å². The second-order valence-corrected chi connectivity index (χ2v) is 6.96. The molecule has 1 fully saturated rings. The Morgan fingerprint density at radius 3 is 2.38 bits per heavy atom. The average molecular weight is 401 g/mol. The molecule has 1 saturated carbocycles. The van der Waals surface area contributed by atoms with Crippen LogP contribution in [-0.4, -0.2) is 32.7 Å². The van der Waals surface area contributed by atoms with Crippen LogP contribution in [0.2, 0.25) is 0 Å². The van der Waals surface area contributed by atoms with Crippen molar-refractivity contribution in [3.05, 3.63) is 53.8 Å². The molecule has 0 atom stereocenters. The van der Waals surface area contributed by atoms with Crippen molar-refractivity contribution < 1.29 is 28.2 Å². The molecule has 0 bridgehead atoms. The predicted molar refractivity (Wildman–Crippen MR) is 106 cm³/mol. The van der Waals surface area contributed by atoms with Crippen molar-refractivity contribution in [2.24, 2.45) is 0 Å². The molecule has 1 aliphatic rings. The fourth-order valence-corrected chi connectivity index (χ4v) is 3.79. The van der Waals surface area contributed by atoms with Gasteiger partial charge in [-0.1, -0.05) is 31.0 Å². The van der Waals surface area contributed by atoms with E-state index in [0.717, 1.165) is 12.8 Å². The molecule has 0 unspecified atom stereocenters. The first-order chi connectivity index (χ1) is 14.0. The second kappa shape index (κ2) is 8.94. The lowest BCUT2D eigenvalue weighted by molar-refractivity contribution is -0.153. The predicted octanol–water partition coefficient (Wildman–Crippen LogP) is 3.84. The molecule has 3 rings (SSSR count). The molecule has 1 aliphatic carbocycles. The van der Waals surface area contributed by atoms with Crippen molar-refractivity contribution in [1.29, 1.82) is 0 Å². The largest absolute Gasteiger partial charge is 0.493 e. The molecule has 0 radical (unpaired) electrons. The van der Waals surface area contributed by atoms with E-state index in [2.05, 4.69) is 5.32 Å². The van der Waals surface area contributed by atoms with E-state index in [1.807, 2.05) is 0 Å². The number of amides is 1. The van der Waals surface area contributed by atoms with Gasteiger partial charge in [0.15, 0.2) is 18.1 Å². The van der Waals surface area contributed by atoms with Crippen LogP contribution < -0.4 is 14.8 Å². The van der Waals surface area contributed by atoms with Crippen LogP contribution in [0.1, 0.15) is 31.2 Å². The quantitative estimate of drug-likeness (QED) is 0.714. The van der Waals surface area contributed by atoms with E-state index in [4.69, 9.17) is 14.2 Å². The third kappa shape index (κ3) is 4.34. The fraction of sp³-hybridized carbons (Fsp3) is 0.364. The Kier molecular flexibility index (Phi) is 6.36. The minimum Gasteiger partial charge on any atom is -0.493 e. The number of halogens is 1. The van der Waals surface area contributed by atoms with Crippen LogP contribution in [0.5, 0.6) is 11.5 Å². The lowest BCUT2D eigenvalue weighted by atomic mass is 9.78. The number of rotatable bonds is 7. The number of ether oxygens (including phenoxy) is 3. The highest BCUT2D eigenvalue weighted by atomic mass is 19.1. The number of hydrogen-bond acceptors (Lipinski definition) is 5. The Bertz CT molecular complexity index is 893. The van der Waals surface area contributed by atoms with E-state index in [9.17, 15) is 14.0 Å². The smallest absolute Gasteiger partial charge is 0.317 e. The molecule has 7 heteroatoms. The minimum absolute atomic E-state index is 0.336. The fourth-order valence-electron chi connectivity index (χ4n) is 3.79. The van der Waals surface area contributed by atoms with Gasteiger partial charge in [0.05, 0.1) is 19.6 Å². The van der Waals surface area contributed by atoms with Gasteiger partial charge in [-0.15, -0.1) is 0 Å². The average Bonchev–Trinajstić information content (AvgIpc) is 3.23. The number of benzene rings is 2. The molecule has 2 aromatic carbocycles. The molecule has 0 heterocycles. The van der Waals surface area contributed by atoms with Crippen molar-refractivity contribution in [3.8, 4) is 11.5 Å². The number of nitrogens with one attached hydrogen (secondary N) is 1. The molecule has 154 valence electrons. The van der Waals surface area contributed by atoms with Crippen LogP contribution in [0.3, 0.4) is 0 Å². The van der Waals surface area contributed by atoms with Gasteiger partial charge in [0.2, 0.25) is 0 Å². The Morgan fingerprint density at radius 1 is 1.03 bits per heavy atom. The SMILES string of the molecule is COc1ccc(NC(=O)COC(=O)C2(c3ccccc3F)CCCC2)cc1OC. The first kappa shape index (κ1) is 20.6. The number of anilines is 1. The van der Waals surface area contributed by atoms with Crippen LogP contribution in [0.4, 0.5) is 10.1 Å². The standard InChI is InChI=1S/C22H24FNO5/c1-27-18-10-9-15(13-19(18)28-2)24-20(25)14-29-21(26)22(11-5-6-12-22)16-7-3-4-8-17(16)23/h3-4,7-10,13H,5-6,11-12,14H2,1-2H3,(H,24,25). The van der Waals surface area contributed by atoms with Crippen LogP contribution in [0, 0.1) is 5.82 Å². The van der Waals surface area contributed by atoms with Crippen LogP contribution in [0.25, 0.3) is 0 Å². The minimum atomic E-state index is -1.03. The first-order valence-electron chi connectivity index (χ1n) is 9.44. The molecule has 0 aromatic heterocycles. The lowest BCUT2D eigenvalue weighted by Crippen LogP contribution is -2.37. The first-order valence-corrected chi connectivity index (χ1v) is 9.44. The number of methoxy groups -OCH3 is 2. The van der Waals surface area contributed by atoms with Crippen molar-refractivity contribution >= 4 is 17.6 Å². The van der Waals surface area contributed by atoms with Gasteiger partial charge in [0.1, 0.15) is 5.82 Å². The van der Waals surface area contributed by atoms with Crippen molar-refractivity contribution in [2.75, 3.05) is 26.1 Å². The topological polar surface area (TPSA) is 73.9 Å². The van der Waals surface area contributed by atoms with Gasteiger partial charge in [0, 0.05) is 17.3 Å². The van der Waals surface area contributed by atoms with Gasteiger partial charge in [0.25, 0.3) is 5.91 Å². The van der Waals surface area contributed by atoms with Crippen LogP contribution in [0.15, 0.2) is 42.5 Å². The van der Waals surface area contributed by atoms with Gasteiger partial charge >= 0.3 is 5.97 Å². The Labute approximate surface area is 169 Å². The molecule has 0 saturated heterocycles. The zero-order chi connectivity index (χ0) is 20.9. The Morgan fingerprint density at radius 2 is 1.72 bits per heavy atom. The zero-order valence-corrected chi connectivity index (χ0v) is 16.5. The number of hydrogen-bond donors (Lipinski definition) is 1. The van der Waals surface area contributed by atoms with Gasteiger partial charge in [-0.3, -0.25) is 9.59 Å². The normalized spacial score (nSPS) is 14.9. The van der Waals surface area contributed by atoms with Crippen LogP contribution in [-0.2, 0) is 19.7 Å². The number of carbonyl (C=O) groups is 2. The summed E-state index contributed by atoms with van der Waals surface area (Å²) in [6, 6.07) is 11.2. The molecule has 2 aromatic rings. The molecule has 29 heavy (non-hydrogen) atoms. The highest BCUT2D eigenvalue weighted by Crippen LogP contribution is 2.43. The monoisotopic (exact) mass is 401 g/mol. The highest BCUT2D eigenvalue weighted by Gasteiger charge is 2.45. The van der Waals surface area contributed by atoms with E-state index in [1.165, 1.54) is 20.3 Å². The summed E-state index contributed by atoms with van der Waals surface area (Å²) in [5.74, 6) is -0.493. The van der Waals surface area contributed by atoms with Gasteiger partial charge in [-0.05, 0) is 31.0 Å². The highest BCUT2D eigenvalue weighted by molar-refractivity contribution is 5.94. The summed E-state index contributed by atoms with van der Waals surface area (Å²) < 4.78 is 30.0. The molecule has 1 N–H and O–H groups in total. The molecule has 1 amide bonds. The van der Waals surface area contributed by atoms with Crippen molar-refractivity contribution in [1.82, 2.24) is 0 Å². The number of esters is 1. The summed E-state index contributed by atoms with van der Waals surface area (Å²) in [5, 5.41) is 2.65. The van der Waals surface area contributed by atoms with Gasteiger partial charge in [-0.2, -0.15) is 0 Å². The Hall–Kier alpha value is -3.09. The maximum absolute atomic E-state index is 14.4. The van der Waals surface area contributed by atoms with Crippen molar-refractivity contribution in [2.45, 2.75) is 31.1 Å². The van der Waals surface area contributed by atoms with Gasteiger partial charge < -0.3 is 19.5 Å². The van der Waals surface area contributed by atoms with Gasteiger partial charge in [-0.25, -0.2) is 4.39 Å². The second-order valence-electron chi connectivity index (χ2n) is 6.96. The molecular weight excluding hydrogens is 377 g/mol. The lowest BCUT2D eigenvalue weighted by Gasteiger charge is -2.27. The van der Waals surface area contributed by atoms with E-state index >= 15 is 0 Å². The van der Waals surface area contributed by atoms with E-state index in [1.54, 1.807) is 36.4 Å². The molecule has 0 spiro atoms. The summed E-state index contributed by atoms with van der Waals surface area (Å²) >= 11 is 0. The summed E-state index contributed by atoms with van der Waals surface area (Å²) in [6.45, 7) is -0.455. The number of carbonyl (C=O) groups excluding carboxylic acids is 2. The summed E-state index contributed by atoms with van der Waals surface area (Å²) in [5.41, 5.74) is -0.217. The van der Waals surface area contributed by atoms with E-state index < -0.39 is 29.7 Å². The third-order valence-corrected chi connectivity index (χ3v) is 5.24. The summed E-state index contributed by atoms with van der Waals surface area (Å²) in [6.07, 6.45) is 2.62. The maximum atomic E-state index is 14.4. The van der Waals surface area contributed by atoms with Crippen LogP contribution >= 0.6 is 0 Å².